The number of hydrogen-bond donors (Lipinski definition) is 1. The van der Waals surface area contributed by atoms with Crippen LogP contribution in [0.1, 0.15) is 23.1 Å². The lowest BCUT2D eigenvalue weighted by Crippen LogP contribution is -2.07. The summed E-state index contributed by atoms with van der Waals surface area (Å²) in [7, 11) is 1.81. The molecule has 0 fully saturated rings. The molecule has 0 aliphatic rings. The number of aliphatic hydroxyl groups excluding tert-OH is 1. The van der Waals surface area contributed by atoms with Gasteiger partial charge in [-0.05, 0) is 40.5 Å². The lowest BCUT2D eigenvalue weighted by molar-refractivity contribution is 0.175. The predicted octanol–water partition coefficient (Wildman–Crippen LogP) is 3.56. The third-order valence-electron chi connectivity index (χ3n) is 2.98. The van der Waals surface area contributed by atoms with Gasteiger partial charge in [-0.2, -0.15) is 5.10 Å². The molecule has 1 unspecified atom stereocenters. The predicted molar refractivity (Wildman–Crippen MR) is 75.7 cm³/mol. The topological polar surface area (TPSA) is 38.0 Å². The molecule has 102 valence electrons. The highest BCUT2D eigenvalue weighted by molar-refractivity contribution is 9.10. The highest BCUT2D eigenvalue weighted by Crippen LogP contribution is 2.27. The Morgan fingerprint density at radius 3 is 2.74 bits per heavy atom. The number of halogens is 3. The van der Waals surface area contributed by atoms with Crippen LogP contribution in [-0.4, -0.2) is 14.9 Å². The Kier molecular flexibility index (Phi) is 4.28. The Labute approximate surface area is 124 Å². The van der Waals surface area contributed by atoms with Gasteiger partial charge in [0.05, 0.1) is 27.0 Å². The van der Waals surface area contributed by atoms with E-state index in [-0.39, 0.29) is 5.02 Å². The van der Waals surface area contributed by atoms with Gasteiger partial charge >= 0.3 is 0 Å². The smallest absolute Gasteiger partial charge is 0.142 e. The number of hydrogen-bond acceptors (Lipinski definition) is 2. The summed E-state index contributed by atoms with van der Waals surface area (Å²) in [5.41, 5.74) is 2.21. The molecule has 6 heteroatoms. The standard InChI is InChI=1S/C13H13BrClFN2O/c1-7-13(14)11(18(2)17-7)6-12(19)8-3-4-9(15)10(16)5-8/h3-5,12,19H,6H2,1-2H3. The van der Waals surface area contributed by atoms with Gasteiger partial charge in [0.15, 0.2) is 0 Å². The van der Waals surface area contributed by atoms with E-state index in [0.29, 0.717) is 12.0 Å². The molecule has 0 aliphatic carbocycles. The molecule has 0 radical (unpaired) electrons. The van der Waals surface area contributed by atoms with Crippen LogP contribution in [-0.2, 0) is 13.5 Å². The molecular weight excluding hydrogens is 335 g/mol. The fourth-order valence-electron chi connectivity index (χ4n) is 1.92. The number of aliphatic hydroxyl groups is 1. The van der Waals surface area contributed by atoms with E-state index in [0.717, 1.165) is 15.9 Å². The minimum absolute atomic E-state index is 0.0495. The number of nitrogens with zero attached hydrogens (tertiary/aromatic N) is 2. The van der Waals surface area contributed by atoms with Crippen LogP contribution in [0.25, 0.3) is 0 Å². The van der Waals surface area contributed by atoms with E-state index in [2.05, 4.69) is 21.0 Å². The number of aromatic nitrogens is 2. The van der Waals surface area contributed by atoms with Gasteiger partial charge in [0, 0.05) is 13.5 Å². The van der Waals surface area contributed by atoms with Crippen LogP contribution >= 0.6 is 27.5 Å². The molecule has 0 saturated carbocycles. The van der Waals surface area contributed by atoms with Crippen molar-refractivity contribution in [3.05, 3.63) is 50.5 Å². The quantitative estimate of drug-likeness (QED) is 0.922. The summed E-state index contributed by atoms with van der Waals surface area (Å²) in [6.07, 6.45) is -0.461. The molecule has 0 spiro atoms. The largest absolute Gasteiger partial charge is 0.388 e. The maximum Gasteiger partial charge on any atom is 0.142 e. The van der Waals surface area contributed by atoms with Crippen molar-refractivity contribution in [3.8, 4) is 0 Å². The van der Waals surface area contributed by atoms with E-state index in [1.807, 2.05) is 14.0 Å². The normalized spacial score (nSPS) is 12.7. The van der Waals surface area contributed by atoms with E-state index < -0.39 is 11.9 Å². The number of benzene rings is 1. The van der Waals surface area contributed by atoms with E-state index >= 15 is 0 Å². The van der Waals surface area contributed by atoms with Crippen molar-refractivity contribution >= 4 is 27.5 Å². The molecule has 0 saturated heterocycles. The number of aryl methyl sites for hydroxylation is 2. The van der Waals surface area contributed by atoms with Crippen LogP contribution in [0.4, 0.5) is 4.39 Å². The Hall–Kier alpha value is -0.910. The summed E-state index contributed by atoms with van der Waals surface area (Å²) < 4.78 is 15.9. The second-order valence-electron chi connectivity index (χ2n) is 4.36. The van der Waals surface area contributed by atoms with Crippen molar-refractivity contribution in [2.24, 2.45) is 7.05 Å². The molecule has 0 amide bonds. The van der Waals surface area contributed by atoms with Crippen LogP contribution in [0.2, 0.25) is 5.02 Å². The zero-order valence-electron chi connectivity index (χ0n) is 10.5. The average molecular weight is 348 g/mol. The highest BCUT2D eigenvalue weighted by atomic mass is 79.9. The molecule has 1 heterocycles. The lowest BCUT2D eigenvalue weighted by atomic mass is 10.0. The minimum Gasteiger partial charge on any atom is -0.388 e. The van der Waals surface area contributed by atoms with Gasteiger partial charge in [0.2, 0.25) is 0 Å². The summed E-state index contributed by atoms with van der Waals surface area (Å²) in [5.74, 6) is -0.529. The summed E-state index contributed by atoms with van der Waals surface area (Å²) >= 11 is 9.06. The highest BCUT2D eigenvalue weighted by Gasteiger charge is 2.17. The van der Waals surface area contributed by atoms with Gasteiger partial charge in [-0.1, -0.05) is 17.7 Å². The molecular formula is C13H13BrClFN2O. The fraction of sp³-hybridized carbons (Fsp3) is 0.308. The molecule has 2 rings (SSSR count). The van der Waals surface area contributed by atoms with Gasteiger partial charge in [-0.25, -0.2) is 4.39 Å². The van der Waals surface area contributed by atoms with Crippen molar-refractivity contribution in [2.75, 3.05) is 0 Å². The maximum absolute atomic E-state index is 13.4. The monoisotopic (exact) mass is 346 g/mol. The van der Waals surface area contributed by atoms with Gasteiger partial charge < -0.3 is 5.11 Å². The average Bonchev–Trinajstić information content (AvgIpc) is 2.59. The second-order valence-corrected chi connectivity index (χ2v) is 5.56. The Morgan fingerprint density at radius 2 is 2.21 bits per heavy atom. The van der Waals surface area contributed by atoms with E-state index in [4.69, 9.17) is 11.6 Å². The number of rotatable bonds is 3. The Balaban J connectivity index is 2.25. The second kappa shape index (κ2) is 5.61. The van der Waals surface area contributed by atoms with Crippen molar-refractivity contribution < 1.29 is 9.50 Å². The van der Waals surface area contributed by atoms with Crippen molar-refractivity contribution in [1.82, 2.24) is 9.78 Å². The first kappa shape index (κ1) is 14.5. The summed E-state index contributed by atoms with van der Waals surface area (Å²) in [6.45, 7) is 1.88. The Bertz CT molecular complexity index is 615. The van der Waals surface area contributed by atoms with Gasteiger partial charge in [-0.3, -0.25) is 4.68 Å². The maximum atomic E-state index is 13.4. The molecule has 1 N–H and O–H groups in total. The first-order valence-electron chi connectivity index (χ1n) is 5.71. The molecule has 0 bridgehead atoms. The first-order valence-corrected chi connectivity index (χ1v) is 6.88. The van der Waals surface area contributed by atoms with Crippen LogP contribution < -0.4 is 0 Å². The molecule has 3 nitrogen and oxygen atoms in total. The van der Waals surface area contributed by atoms with E-state index in [1.54, 1.807) is 10.7 Å². The third-order valence-corrected chi connectivity index (χ3v) is 4.31. The third kappa shape index (κ3) is 2.99. The lowest BCUT2D eigenvalue weighted by Gasteiger charge is -2.12. The molecule has 0 aliphatic heterocycles. The summed E-state index contributed by atoms with van der Waals surface area (Å²) in [4.78, 5) is 0. The van der Waals surface area contributed by atoms with E-state index in [9.17, 15) is 9.50 Å². The van der Waals surface area contributed by atoms with Gasteiger partial charge in [0.1, 0.15) is 5.82 Å². The van der Waals surface area contributed by atoms with Crippen LogP contribution in [0.15, 0.2) is 22.7 Å². The van der Waals surface area contributed by atoms with Crippen molar-refractivity contribution in [2.45, 2.75) is 19.4 Å². The van der Waals surface area contributed by atoms with Gasteiger partial charge in [-0.15, -0.1) is 0 Å². The molecule has 1 aromatic carbocycles. The van der Waals surface area contributed by atoms with Crippen LogP contribution in [0.3, 0.4) is 0 Å². The van der Waals surface area contributed by atoms with Crippen LogP contribution in [0.5, 0.6) is 0 Å². The molecule has 19 heavy (non-hydrogen) atoms. The zero-order valence-corrected chi connectivity index (χ0v) is 12.8. The molecule has 1 aromatic heterocycles. The van der Waals surface area contributed by atoms with Gasteiger partial charge in [0.25, 0.3) is 0 Å². The molecule has 2 aromatic rings. The first-order chi connectivity index (χ1) is 8.90. The SMILES string of the molecule is Cc1nn(C)c(CC(O)c2ccc(Cl)c(F)c2)c1Br. The summed E-state index contributed by atoms with van der Waals surface area (Å²) in [6, 6.07) is 4.32. The molecule has 1 atom stereocenters. The Morgan fingerprint density at radius 1 is 1.53 bits per heavy atom. The zero-order chi connectivity index (χ0) is 14.2. The van der Waals surface area contributed by atoms with Crippen molar-refractivity contribution in [3.63, 3.8) is 0 Å². The summed E-state index contributed by atoms with van der Waals surface area (Å²) in [5, 5.41) is 14.5. The minimum atomic E-state index is -0.808. The van der Waals surface area contributed by atoms with E-state index in [1.165, 1.54) is 12.1 Å². The van der Waals surface area contributed by atoms with Crippen LogP contribution in [0, 0.1) is 12.7 Å². The fourth-order valence-corrected chi connectivity index (χ4v) is 2.54. The van der Waals surface area contributed by atoms with Crippen molar-refractivity contribution in [1.29, 1.82) is 0 Å².